The van der Waals surface area contributed by atoms with Gasteiger partial charge in [0.15, 0.2) is 5.82 Å². The summed E-state index contributed by atoms with van der Waals surface area (Å²) in [4.78, 5) is 13.0. The van der Waals surface area contributed by atoms with Gasteiger partial charge in [-0.2, -0.15) is 0 Å². The number of hydrogen-bond acceptors (Lipinski definition) is 5. The maximum atomic E-state index is 4.97. The van der Waals surface area contributed by atoms with Crippen molar-refractivity contribution >= 4 is 0 Å². The second-order valence-electron chi connectivity index (χ2n) is 4.25. The summed E-state index contributed by atoms with van der Waals surface area (Å²) in [6.07, 6.45) is 5.42. The Morgan fingerprint density at radius 3 is 2.68 bits per heavy atom. The highest BCUT2D eigenvalue weighted by Gasteiger charge is 2.05. The van der Waals surface area contributed by atoms with Gasteiger partial charge in [-0.1, -0.05) is 6.07 Å². The Hall–Kier alpha value is -1.85. The summed E-state index contributed by atoms with van der Waals surface area (Å²) in [5.74, 6) is 0.666. The van der Waals surface area contributed by atoms with Crippen molar-refractivity contribution in [3.05, 3.63) is 41.9 Å². The highest BCUT2D eigenvalue weighted by Crippen LogP contribution is 2.15. The summed E-state index contributed by atoms with van der Waals surface area (Å²) >= 11 is 0. The van der Waals surface area contributed by atoms with Crippen LogP contribution in [0.25, 0.3) is 11.5 Å². The molecule has 0 saturated heterocycles. The average molecular weight is 258 g/mol. The normalized spacial score (nSPS) is 10.6. The third-order valence-corrected chi connectivity index (χ3v) is 2.74. The fourth-order valence-corrected chi connectivity index (χ4v) is 1.70. The van der Waals surface area contributed by atoms with E-state index in [2.05, 4.69) is 20.3 Å². The van der Waals surface area contributed by atoms with E-state index in [9.17, 15) is 0 Å². The molecule has 0 aliphatic heterocycles. The minimum Gasteiger partial charge on any atom is -0.383 e. The van der Waals surface area contributed by atoms with E-state index in [1.807, 2.05) is 31.5 Å². The lowest BCUT2D eigenvalue weighted by molar-refractivity contribution is 0.199. The molecule has 0 amide bonds. The second-order valence-corrected chi connectivity index (χ2v) is 4.25. The maximum Gasteiger partial charge on any atom is 0.178 e. The fourth-order valence-electron chi connectivity index (χ4n) is 1.70. The molecule has 0 unspecified atom stereocenters. The molecule has 1 N–H and O–H groups in total. The molecule has 2 aromatic heterocycles. The van der Waals surface area contributed by atoms with Crippen LogP contribution in [0.15, 0.2) is 30.7 Å². The molecule has 5 nitrogen and oxygen atoms in total. The number of nitrogens with one attached hydrogen (secondary N) is 1. The van der Waals surface area contributed by atoms with E-state index < -0.39 is 0 Å². The van der Waals surface area contributed by atoms with Crippen LogP contribution in [-0.4, -0.2) is 35.2 Å². The SMILES string of the molecule is COCCNCc1cnc(-c2ncccc2C)nc1. The largest absolute Gasteiger partial charge is 0.383 e. The van der Waals surface area contributed by atoms with Crippen molar-refractivity contribution in [3.8, 4) is 11.5 Å². The first-order valence-corrected chi connectivity index (χ1v) is 6.24. The molecule has 0 aromatic carbocycles. The van der Waals surface area contributed by atoms with Crippen molar-refractivity contribution in [2.75, 3.05) is 20.3 Å². The number of ether oxygens (including phenoxy) is 1. The summed E-state index contributed by atoms with van der Waals surface area (Å²) in [6, 6.07) is 3.92. The predicted molar refractivity (Wildman–Crippen MR) is 73.6 cm³/mol. The van der Waals surface area contributed by atoms with Crippen molar-refractivity contribution in [2.45, 2.75) is 13.5 Å². The van der Waals surface area contributed by atoms with Crippen LogP contribution in [-0.2, 0) is 11.3 Å². The molecule has 2 aromatic rings. The molecule has 0 aliphatic carbocycles. The van der Waals surface area contributed by atoms with Crippen molar-refractivity contribution < 1.29 is 4.74 Å². The van der Waals surface area contributed by atoms with Gasteiger partial charge < -0.3 is 10.1 Å². The van der Waals surface area contributed by atoms with Gasteiger partial charge >= 0.3 is 0 Å². The zero-order valence-electron chi connectivity index (χ0n) is 11.3. The Labute approximate surface area is 113 Å². The number of hydrogen-bond donors (Lipinski definition) is 1. The number of aromatic nitrogens is 3. The first-order chi connectivity index (χ1) is 9.31. The average Bonchev–Trinajstić information content (AvgIpc) is 2.45. The summed E-state index contributed by atoms with van der Waals surface area (Å²) in [7, 11) is 1.69. The van der Waals surface area contributed by atoms with Crippen LogP contribution in [0.3, 0.4) is 0 Å². The zero-order valence-corrected chi connectivity index (χ0v) is 11.3. The highest BCUT2D eigenvalue weighted by molar-refractivity contribution is 5.53. The molecule has 100 valence electrons. The number of aryl methyl sites for hydroxylation is 1. The van der Waals surface area contributed by atoms with Crippen LogP contribution in [0.1, 0.15) is 11.1 Å². The monoisotopic (exact) mass is 258 g/mol. The van der Waals surface area contributed by atoms with Gasteiger partial charge in [0.05, 0.1) is 6.61 Å². The van der Waals surface area contributed by atoms with E-state index >= 15 is 0 Å². The smallest absolute Gasteiger partial charge is 0.178 e. The molecule has 0 aliphatic rings. The van der Waals surface area contributed by atoms with Crippen LogP contribution in [0, 0.1) is 6.92 Å². The Morgan fingerprint density at radius 1 is 1.21 bits per heavy atom. The molecule has 19 heavy (non-hydrogen) atoms. The van der Waals surface area contributed by atoms with Gasteiger partial charge in [-0.25, -0.2) is 9.97 Å². The Bertz CT molecular complexity index is 513. The number of pyridine rings is 1. The van der Waals surface area contributed by atoms with E-state index in [1.54, 1.807) is 13.3 Å². The molecule has 0 radical (unpaired) electrons. The molecule has 2 heterocycles. The lowest BCUT2D eigenvalue weighted by atomic mass is 10.2. The number of methoxy groups -OCH3 is 1. The third kappa shape index (κ3) is 3.81. The van der Waals surface area contributed by atoms with Crippen molar-refractivity contribution in [1.29, 1.82) is 0 Å². The van der Waals surface area contributed by atoms with Crippen LogP contribution in [0.4, 0.5) is 0 Å². The highest BCUT2D eigenvalue weighted by atomic mass is 16.5. The Kier molecular flexibility index (Phi) is 4.94. The van der Waals surface area contributed by atoms with Gasteiger partial charge in [0.1, 0.15) is 5.69 Å². The lowest BCUT2D eigenvalue weighted by Crippen LogP contribution is -2.18. The van der Waals surface area contributed by atoms with Gasteiger partial charge in [-0.05, 0) is 18.6 Å². The van der Waals surface area contributed by atoms with Crippen LogP contribution in [0.5, 0.6) is 0 Å². The summed E-state index contributed by atoms with van der Waals surface area (Å²) < 4.78 is 4.97. The van der Waals surface area contributed by atoms with E-state index in [4.69, 9.17) is 4.74 Å². The summed E-state index contributed by atoms with van der Waals surface area (Å²) in [6.45, 7) is 4.26. The number of rotatable bonds is 6. The standard InChI is InChI=1S/C14H18N4O/c1-11-4-3-5-16-13(11)14-17-9-12(10-18-14)8-15-6-7-19-2/h3-5,9-10,15H,6-8H2,1-2H3. The Balaban J connectivity index is 2.01. The fraction of sp³-hybridized carbons (Fsp3) is 0.357. The zero-order chi connectivity index (χ0) is 13.5. The predicted octanol–water partition coefficient (Wildman–Crippen LogP) is 1.58. The van der Waals surface area contributed by atoms with Crippen LogP contribution in [0.2, 0.25) is 0 Å². The maximum absolute atomic E-state index is 4.97. The third-order valence-electron chi connectivity index (χ3n) is 2.74. The van der Waals surface area contributed by atoms with E-state index in [0.717, 1.165) is 29.9 Å². The Morgan fingerprint density at radius 2 is 2.00 bits per heavy atom. The molecule has 0 fully saturated rings. The molecule has 0 bridgehead atoms. The number of nitrogens with zero attached hydrogens (tertiary/aromatic N) is 3. The first kappa shape index (κ1) is 13.6. The van der Waals surface area contributed by atoms with E-state index in [1.165, 1.54) is 0 Å². The van der Waals surface area contributed by atoms with Gasteiger partial charge in [0.25, 0.3) is 0 Å². The van der Waals surface area contributed by atoms with Gasteiger partial charge in [-0.3, -0.25) is 4.98 Å². The molecule has 5 heteroatoms. The molecule has 0 saturated carbocycles. The van der Waals surface area contributed by atoms with Gasteiger partial charge in [0.2, 0.25) is 0 Å². The first-order valence-electron chi connectivity index (χ1n) is 6.24. The van der Waals surface area contributed by atoms with Crippen LogP contribution >= 0.6 is 0 Å². The molecular formula is C14H18N4O. The minimum atomic E-state index is 0.666. The van der Waals surface area contributed by atoms with Crippen LogP contribution < -0.4 is 5.32 Å². The van der Waals surface area contributed by atoms with Crippen molar-refractivity contribution in [3.63, 3.8) is 0 Å². The lowest BCUT2D eigenvalue weighted by Gasteiger charge is -2.05. The van der Waals surface area contributed by atoms with Crippen molar-refractivity contribution in [2.24, 2.45) is 0 Å². The molecule has 0 atom stereocenters. The minimum absolute atomic E-state index is 0.666. The summed E-state index contributed by atoms with van der Waals surface area (Å²) in [5, 5.41) is 3.25. The topological polar surface area (TPSA) is 59.9 Å². The van der Waals surface area contributed by atoms with E-state index in [-0.39, 0.29) is 0 Å². The molecule has 0 spiro atoms. The second kappa shape index (κ2) is 6.92. The van der Waals surface area contributed by atoms with Gasteiger partial charge in [0, 0.05) is 44.4 Å². The van der Waals surface area contributed by atoms with Gasteiger partial charge in [-0.15, -0.1) is 0 Å². The molecular weight excluding hydrogens is 240 g/mol. The molecule has 2 rings (SSSR count). The summed E-state index contributed by atoms with van der Waals surface area (Å²) in [5.41, 5.74) is 2.96. The van der Waals surface area contributed by atoms with E-state index in [0.29, 0.717) is 12.4 Å². The quantitative estimate of drug-likeness (QED) is 0.797. The van der Waals surface area contributed by atoms with Crippen molar-refractivity contribution in [1.82, 2.24) is 20.3 Å².